The number of aromatic nitrogens is 2. The Morgan fingerprint density at radius 3 is 3.00 bits per heavy atom. The van der Waals surface area contributed by atoms with Crippen LogP contribution in [0.5, 0.6) is 0 Å². The van der Waals surface area contributed by atoms with Crippen molar-refractivity contribution in [2.75, 3.05) is 19.8 Å². The van der Waals surface area contributed by atoms with E-state index in [9.17, 15) is 4.79 Å². The smallest absolute Gasteiger partial charge is 0.271 e. The molecule has 1 aromatic rings. The Kier molecular flexibility index (Phi) is 4.83. The topological polar surface area (TPSA) is 67.0 Å². The largest absolute Gasteiger partial charge is 0.380 e. The molecule has 15 heavy (non-hydrogen) atoms. The molecule has 0 spiro atoms. The molecule has 2 N–H and O–H groups in total. The van der Waals surface area contributed by atoms with Crippen LogP contribution >= 0.6 is 0 Å². The summed E-state index contributed by atoms with van der Waals surface area (Å²) in [5.74, 6) is -0.161. The molecule has 0 radical (unpaired) electrons. The molecule has 1 rings (SSSR count). The molecule has 0 fully saturated rings. The molecule has 84 valence electrons. The van der Waals surface area contributed by atoms with Crippen molar-refractivity contribution in [2.24, 2.45) is 0 Å². The van der Waals surface area contributed by atoms with Gasteiger partial charge in [0.25, 0.3) is 5.91 Å². The lowest BCUT2D eigenvalue weighted by Crippen LogP contribution is -2.27. The number of H-pyrrole nitrogens is 1. The summed E-state index contributed by atoms with van der Waals surface area (Å²) in [4.78, 5) is 11.5. The van der Waals surface area contributed by atoms with Crippen LogP contribution < -0.4 is 5.32 Å². The Morgan fingerprint density at radius 1 is 1.60 bits per heavy atom. The first-order valence-electron chi connectivity index (χ1n) is 5.18. The predicted molar refractivity (Wildman–Crippen MR) is 56.8 cm³/mol. The van der Waals surface area contributed by atoms with Gasteiger partial charge < -0.3 is 10.1 Å². The second kappa shape index (κ2) is 6.19. The second-order valence-corrected chi connectivity index (χ2v) is 3.08. The Balaban J connectivity index is 2.33. The van der Waals surface area contributed by atoms with Crippen LogP contribution in [-0.4, -0.2) is 35.9 Å². The van der Waals surface area contributed by atoms with E-state index in [4.69, 9.17) is 4.74 Å². The Labute approximate surface area is 89.2 Å². The summed E-state index contributed by atoms with van der Waals surface area (Å²) >= 11 is 0. The summed E-state index contributed by atoms with van der Waals surface area (Å²) < 4.78 is 5.10. The highest BCUT2D eigenvalue weighted by molar-refractivity contribution is 5.92. The zero-order valence-corrected chi connectivity index (χ0v) is 9.17. The molecule has 0 aromatic carbocycles. The van der Waals surface area contributed by atoms with Crippen LogP contribution in [0.25, 0.3) is 0 Å². The molecule has 0 bridgehead atoms. The lowest BCUT2D eigenvalue weighted by Gasteiger charge is -2.02. The van der Waals surface area contributed by atoms with E-state index in [0.717, 1.165) is 12.1 Å². The number of amides is 1. The first-order chi connectivity index (χ1) is 7.27. The van der Waals surface area contributed by atoms with E-state index in [2.05, 4.69) is 15.5 Å². The Bertz CT molecular complexity index is 309. The lowest BCUT2D eigenvalue weighted by atomic mass is 10.3. The number of rotatable bonds is 6. The van der Waals surface area contributed by atoms with Gasteiger partial charge in [-0.25, -0.2) is 0 Å². The molecule has 5 heteroatoms. The Morgan fingerprint density at radius 2 is 2.40 bits per heavy atom. The quantitative estimate of drug-likeness (QED) is 0.682. The van der Waals surface area contributed by atoms with Gasteiger partial charge in [0, 0.05) is 18.8 Å². The summed E-state index contributed by atoms with van der Waals surface area (Å²) in [6.45, 7) is 5.64. The van der Waals surface area contributed by atoms with Crippen LogP contribution in [0.2, 0.25) is 0 Å². The third kappa shape index (κ3) is 3.71. The summed E-state index contributed by atoms with van der Waals surface area (Å²) in [6, 6.07) is 1.76. The number of nitrogens with zero attached hydrogens (tertiary/aromatic N) is 1. The number of aryl methyl sites for hydroxylation is 1. The maximum Gasteiger partial charge on any atom is 0.271 e. The van der Waals surface area contributed by atoms with E-state index < -0.39 is 0 Å². The normalized spacial score (nSPS) is 10.3. The van der Waals surface area contributed by atoms with E-state index in [1.165, 1.54) is 0 Å². The van der Waals surface area contributed by atoms with Gasteiger partial charge in [0.05, 0.1) is 6.61 Å². The van der Waals surface area contributed by atoms with E-state index in [-0.39, 0.29) is 5.91 Å². The van der Waals surface area contributed by atoms with Crippen molar-refractivity contribution in [1.29, 1.82) is 0 Å². The standard InChI is InChI=1S/C10H17N3O2/c1-3-8-7-9(13-12-8)10(14)11-5-6-15-4-2/h7H,3-6H2,1-2H3,(H,11,14)(H,12,13). The minimum absolute atomic E-state index is 0.161. The van der Waals surface area contributed by atoms with Gasteiger partial charge in [0.15, 0.2) is 0 Å². The third-order valence-corrected chi connectivity index (χ3v) is 1.98. The van der Waals surface area contributed by atoms with E-state index in [1.807, 2.05) is 13.8 Å². The van der Waals surface area contributed by atoms with Gasteiger partial charge in [0.1, 0.15) is 5.69 Å². The van der Waals surface area contributed by atoms with Crippen LogP contribution in [0.15, 0.2) is 6.07 Å². The van der Waals surface area contributed by atoms with Gasteiger partial charge in [-0.2, -0.15) is 5.10 Å². The SMILES string of the molecule is CCOCCNC(=O)c1cc(CC)[nH]n1. The fraction of sp³-hybridized carbons (Fsp3) is 0.600. The average molecular weight is 211 g/mol. The fourth-order valence-corrected chi connectivity index (χ4v) is 1.13. The predicted octanol–water partition coefficient (Wildman–Crippen LogP) is 0.738. The molecule has 0 aliphatic heterocycles. The number of nitrogens with one attached hydrogen (secondary N) is 2. The van der Waals surface area contributed by atoms with Crippen LogP contribution in [0, 0.1) is 0 Å². The zero-order valence-electron chi connectivity index (χ0n) is 9.17. The first-order valence-corrected chi connectivity index (χ1v) is 5.18. The van der Waals surface area contributed by atoms with Crippen LogP contribution in [0.1, 0.15) is 30.0 Å². The van der Waals surface area contributed by atoms with Gasteiger partial charge in [-0.3, -0.25) is 9.89 Å². The molecule has 1 heterocycles. The molecule has 0 atom stereocenters. The van der Waals surface area contributed by atoms with Gasteiger partial charge in [-0.15, -0.1) is 0 Å². The van der Waals surface area contributed by atoms with Crippen molar-refractivity contribution in [3.8, 4) is 0 Å². The maximum atomic E-state index is 11.5. The van der Waals surface area contributed by atoms with Gasteiger partial charge in [-0.1, -0.05) is 6.92 Å². The van der Waals surface area contributed by atoms with Gasteiger partial charge in [0.2, 0.25) is 0 Å². The monoisotopic (exact) mass is 211 g/mol. The van der Waals surface area contributed by atoms with Crippen molar-refractivity contribution in [1.82, 2.24) is 15.5 Å². The molecule has 5 nitrogen and oxygen atoms in total. The number of aromatic amines is 1. The van der Waals surface area contributed by atoms with Gasteiger partial charge >= 0.3 is 0 Å². The summed E-state index contributed by atoms with van der Waals surface area (Å²) in [5.41, 5.74) is 1.40. The highest BCUT2D eigenvalue weighted by Gasteiger charge is 2.08. The van der Waals surface area contributed by atoms with Crippen molar-refractivity contribution in [3.63, 3.8) is 0 Å². The van der Waals surface area contributed by atoms with E-state index >= 15 is 0 Å². The molecular formula is C10H17N3O2. The summed E-state index contributed by atoms with van der Waals surface area (Å²) in [7, 11) is 0. The number of hydrogen-bond donors (Lipinski definition) is 2. The number of carbonyl (C=O) groups excluding carboxylic acids is 1. The number of carbonyl (C=O) groups is 1. The number of hydrogen-bond acceptors (Lipinski definition) is 3. The summed E-state index contributed by atoms with van der Waals surface area (Å²) in [6.07, 6.45) is 0.846. The maximum absolute atomic E-state index is 11.5. The van der Waals surface area contributed by atoms with E-state index in [0.29, 0.717) is 25.5 Å². The lowest BCUT2D eigenvalue weighted by molar-refractivity contribution is 0.0917. The highest BCUT2D eigenvalue weighted by Crippen LogP contribution is 1.99. The molecule has 0 aliphatic rings. The van der Waals surface area contributed by atoms with Crippen LogP contribution in [0.4, 0.5) is 0 Å². The minimum atomic E-state index is -0.161. The van der Waals surface area contributed by atoms with Crippen molar-refractivity contribution >= 4 is 5.91 Å². The van der Waals surface area contributed by atoms with Crippen molar-refractivity contribution < 1.29 is 9.53 Å². The third-order valence-electron chi connectivity index (χ3n) is 1.98. The first kappa shape index (κ1) is 11.7. The van der Waals surface area contributed by atoms with Crippen LogP contribution in [-0.2, 0) is 11.2 Å². The molecule has 1 amide bonds. The zero-order chi connectivity index (χ0) is 11.1. The van der Waals surface area contributed by atoms with Crippen molar-refractivity contribution in [2.45, 2.75) is 20.3 Å². The summed E-state index contributed by atoms with van der Waals surface area (Å²) in [5, 5.41) is 9.43. The fourth-order valence-electron chi connectivity index (χ4n) is 1.13. The molecule has 0 saturated heterocycles. The number of ether oxygens (including phenoxy) is 1. The minimum Gasteiger partial charge on any atom is -0.380 e. The second-order valence-electron chi connectivity index (χ2n) is 3.08. The molecule has 0 aliphatic carbocycles. The average Bonchev–Trinajstić information content (AvgIpc) is 2.72. The van der Waals surface area contributed by atoms with Crippen molar-refractivity contribution in [3.05, 3.63) is 17.5 Å². The molecular weight excluding hydrogens is 194 g/mol. The van der Waals surface area contributed by atoms with Crippen LogP contribution in [0.3, 0.4) is 0 Å². The Hall–Kier alpha value is -1.36. The molecule has 1 aromatic heterocycles. The highest BCUT2D eigenvalue weighted by atomic mass is 16.5. The molecule has 0 unspecified atom stereocenters. The molecule has 0 saturated carbocycles. The van der Waals surface area contributed by atoms with Gasteiger partial charge in [-0.05, 0) is 19.4 Å². The van der Waals surface area contributed by atoms with E-state index in [1.54, 1.807) is 6.07 Å².